The molecule has 2 heterocycles. The number of rotatable bonds is 5. The third-order valence-corrected chi connectivity index (χ3v) is 7.54. The summed E-state index contributed by atoms with van der Waals surface area (Å²) in [5.74, 6) is 0.730. The lowest BCUT2D eigenvalue weighted by molar-refractivity contribution is -0.123. The summed E-state index contributed by atoms with van der Waals surface area (Å²) in [6.45, 7) is 0.798. The van der Waals surface area contributed by atoms with E-state index in [1.807, 2.05) is 29.2 Å². The molecule has 2 aromatic rings. The minimum atomic E-state index is -3.22. The Morgan fingerprint density at radius 1 is 1.10 bits per heavy atom. The molecule has 2 aliphatic rings. The van der Waals surface area contributed by atoms with Gasteiger partial charge in [-0.3, -0.25) is 9.69 Å². The van der Waals surface area contributed by atoms with Crippen LogP contribution in [0.4, 0.5) is 5.69 Å². The van der Waals surface area contributed by atoms with Crippen molar-refractivity contribution in [3.63, 3.8) is 0 Å². The van der Waals surface area contributed by atoms with Crippen molar-refractivity contribution >= 4 is 33.0 Å². The molecule has 29 heavy (non-hydrogen) atoms. The fraction of sp³-hybridized carbons (Fsp3) is 0.381. The van der Waals surface area contributed by atoms with Gasteiger partial charge in [0, 0.05) is 23.3 Å². The second-order valence-corrected chi connectivity index (χ2v) is 10.1. The number of methoxy groups -OCH3 is 1. The number of anilines is 1. The first-order valence-corrected chi connectivity index (χ1v) is 11.7. The van der Waals surface area contributed by atoms with E-state index in [2.05, 4.69) is 0 Å². The van der Waals surface area contributed by atoms with Crippen LogP contribution in [-0.2, 0) is 21.1 Å². The number of halogens is 1. The van der Waals surface area contributed by atoms with Gasteiger partial charge in [0.25, 0.3) is 0 Å². The summed E-state index contributed by atoms with van der Waals surface area (Å²) >= 11 is 6.10. The average Bonchev–Trinajstić information content (AvgIpc) is 3.01. The molecule has 0 aromatic heterocycles. The molecule has 0 bridgehead atoms. The van der Waals surface area contributed by atoms with Crippen LogP contribution in [0.1, 0.15) is 5.56 Å². The van der Waals surface area contributed by atoms with Crippen LogP contribution in [-0.4, -0.2) is 63.0 Å². The molecule has 2 atom stereocenters. The Hall–Kier alpha value is -2.09. The van der Waals surface area contributed by atoms with Gasteiger partial charge in [0.05, 0.1) is 31.2 Å². The van der Waals surface area contributed by atoms with Gasteiger partial charge >= 0.3 is 0 Å². The third kappa shape index (κ3) is 4.27. The van der Waals surface area contributed by atoms with E-state index in [0.29, 0.717) is 23.7 Å². The number of hydrogen-bond donors (Lipinski definition) is 0. The number of fused-ring (bicyclic) bond motifs is 1. The summed E-state index contributed by atoms with van der Waals surface area (Å²) in [6, 6.07) is 14.2. The summed E-state index contributed by atoms with van der Waals surface area (Å²) in [4.78, 5) is 16.6. The molecule has 2 saturated heterocycles. The van der Waals surface area contributed by atoms with Gasteiger partial charge in [-0.2, -0.15) is 0 Å². The molecule has 6 nitrogen and oxygen atoms in total. The van der Waals surface area contributed by atoms with Crippen LogP contribution < -0.4 is 9.64 Å². The third-order valence-electron chi connectivity index (χ3n) is 5.61. The fourth-order valence-electron chi connectivity index (χ4n) is 4.27. The SMILES string of the molecule is COc1cccc(CCN2CC(=O)N(c3cccc(Cl)c3)C3CS(=O)(=O)CC32)c1. The number of carbonyl (C=O) groups excluding carboxylic acids is 1. The van der Waals surface area contributed by atoms with E-state index in [-0.39, 0.29) is 30.0 Å². The molecule has 0 spiro atoms. The number of nitrogens with zero attached hydrogens (tertiary/aromatic N) is 2. The first kappa shape index (κ1) is 20.2. The van der Waals surface area contributed by atoms with Gasteiger partial charge in [-0.1, -0.05) is 29.8 Å². The number of piperazine rings is 1. The summed E-state index contributed by atoms with van der Waals surface area (Å²) in [5.41, 5.74) is 1.74. The van der Waals surface area contributed by atoms with Crippen molar-refractivity contribution in [1.82, 2.24) is 4.90 Å². The van der Waals surface area contributed by atoms with Crippen LogP contribution in [0.3, 0.4) is 0 Å². The quantitative estimate of drug-likeness (QED) is 0.723. The standard InChI is InChI=1S/C21H23ClN2O4S/c1-28-18-7-2-4-15(10-18)8-9-23-12-21(25)24(17-6-3-5-16(22)11-17)20-14-29(26,27)13-19(20)23/h2-7,10-11,19-20H,8-9,12-14H2,1H3. The highest BCUT2D eigenvalue weighted by Gasteiger charge is 2.49. The molecule has 0 radical (unpaired) electrons. The zero-order valence-electron chi connectivity index (χ0n) is 16.1. The Labute approximate surface area is 175 Å². The predicted molar refractivity (Wildman–Crippen MR) is 113 cm³/mol. The lowest BCUT2D eigenvalue weighted by atomic mass is 10.0. The van der Waals surface area contributed by atoms with Crippen LogP contribution in [0.25, 0.3) is 0 Å². The smallest absolute Gasteiger partial charge is 0.241 e. The van der Waals surface area contributed by atoms with E-state index in [4.69, 9.17) is 16.3 Å². The maximum atomic E-state index is 13.0. The molecule has 0 N–H and O–H groups in total. The minimum Gasteiger partial charge on any atom is -0.497 e. The Morgan fingerprint density at radius 2 is 1.86 bits per heavy atom. The van der Waals surface area contributed by atoms with E-state index in [9.17, 15) is 13.2 Å². The number of amides is 1. The van der Waals surface area contributed by atoms with E-state index in [1.165, 1.54) is 0 Å². The van der Waals surface area contributed by atoms with Gasteiger partial charge in [0.15, 0.2) is 9.84 Å². The summed E-state index contributed by atoms with van der Waals surface area (Å²) in [7, 11) is -1.59. The number of sulfone groups is 1. The molecule has 8 heteroatoms. The minimum absolute atomic E-state index is 0.0222. The highest BCUT2D eigenvalue weighted by atomic mass is 35.5. The van der Waals surface area contributed by atoms with Crippen LogP contribution in [0.2, 0.25) is 5.02 Å². The number of ether oxygens (including phenoxy) is 1. The van der Waals surface area contributed by atoms with Crippen molar-refractivity contribution in [2.75, 3.05) is 36.6 Å². The number of hydrogen-bond acceptors (Lipinski definition) is 5. The normalized spacial score (nSPS) is 23.8. The van der Waals surface area contributed by atoms with Crippen molar-refractivity contribution in [3.8, 4) is 5.75 Å². The van der Waals surface area contributed by atoms with Gasteiger partial charge in [-0.15, -0.1) is 0 Å². The maximum Gasteiger partial charge on any atom is 0.241 e. The molecular formula is C21H23ClN2O4S. The highest BCUT2D eigenvalue weighted by Crippen LogP contribution is 2.32. The molecule has 4 rings (SSSR count). The first-order valence-electron chi connectivity index (χ1n) is 9.51. The largest absolute Gasteiger partial charge is 0.497 e. The fourth-order valence-corrected chi connectivity index (χ4v) is 6.43. The van der Waals surface area contributed by atoms with Crippen molar-refractivity contribution in [3.05, 3.63) is 59.1 Å². The number of carbonyl (C=O) groups is 1. The molecule has 2 aromatic carbocycles. The second-order valence-electron chi connectivity index (χ2n) is 7.53. The summed E-state index contributed by atoms with van der Waals surface area (Å²) < 4.78 is 30.2. The Kier molecular flexibility index (Phi) is 5.55. The van der Waals surface area contributed by atoms with Gasteiger partial charge in [-0.25, -0.2) is 8.42 Å². The average molecular weight is 435 g/mol. The highest BCUT2D eigenvalue weighted by molar-refractivity contribution is 7.91. The zero-order valence-corrected chi connectivity index (χ0v) is 17.7. The topological polar surface area (TPSA) is 66.9 Å². The monoisotopic (exact) mass is 434 g/mol. The van der Waals surface area contributed by atoms with E-state index >= 15 is 0 Å². The zero-order chi connectivity index (χ0) is 20.6. The Morgan fingerprint density at radius 3 is 2.62 bits per heavy atom. The van der Waals surface area contributed by atoms with Crippen LogP contribution in [0.5, 0.6) is 5.75 Å². The van der Waals surface area contributed by atoms with Crippen molar-refractivity contribution in [2.24, 2.45) is 0 Å². The molecule has 2 aliphatic heterocycles. The lowest BCUT2D eigenvalue weighted by Crippen LogP contribution is -2.62. The van der Waals surface area contributed by atoms with Gasteiger partial charge in [0.2, 0.25) is 5.91 Å². The van der Waals surface area contributed by atoms with Crippen molar-refractivity contribution in [2.45, 2.75) is 18.5 Å². The molecule has 2 fully saturated rings. The molecular weight excluding hydrogens is 412 g/mol. The van der Waals surface area contributed by atoms with Crippen LogP contribution >= 0.6 is 11.6 Å². The van der Waals surface area contributed by atoms with E-state index in [1.54, 1.807) is 36.3 Å². The Bertz CT molecular complexity index is 1030. The molecule has 0 aliphatic carbocycles. The number of benzene rings is 2. The van der Waals surface area contributed by atoms with Crippen molar-refractivity contribution < 1.29 is 17.9 Å². The molecule has 1 amide bonds. The molecule has 0 saturated carbocycles. The maximum absolute atomic E-state index is 13.0. The van der Waals surface area contributed by atoms with Crippen molar-refractivity contribution in [1.29, 1.82) is 0 Å². The summed E-state index contributed by atoms with van der Waals surface area (Å²) in [5, 5.41) is 0.521. The lowest BCUT2D eigenvalue weighted by Gasteiger charge is -2.43. The van der Waals surface area contributed by atoms with Gasteiger partial charge < -0.3 is 9.64 Å². The van der Waals surface area contributed by atoms with Crippen LogP contribution in [0, 0.1) is 0 Å². The van der Waals surface area contributed by atoms with Crippen LogP contribution in [0.15, 0.2) is 48.5 Å². The summed E-state index contributed by atoms with van der Waals surface area (Å²) in [6.07, 6.45) is 0.713. The van der Waals surface area contributed by atoms with Gasteiger partial charge in [-0.05, 0) is 42.3 Å². The Balaban J connectivity index is 1.57. The molecule has 154 valence electrons. The van der Waals surface area contributed by atoms with E-state index < -0.39 is 15.9 Å². The molecule has 2 unspecified atom stereocenters. The first-order chi connectivity index (χ1) is 13.9. The predicted octanol–water partition coefficient (Wildman–Crippen LogP) is 2.41. The van der Waals surface area contributed by atoms with E-state index in [0.717, 1.165) is 11.3 Å². The van der Waals surface area contributed by atoms with Gasteiger partial charge in [0.1, 0.15) is 5.75 Å². The second kappa shape index (κ2) is 7.97.